The van der Waals surface area contributed by atoms with Crippen LogP contribution >= 0.6 is 23.2 Å². The fraction of sp³-hybridized carbons (Fsp3) is 0.211. The average molecular weight is 423 g/mol. The van der Waals surface area contributed by atoms with Crippen LogP contribution in [0.15, 0.2) is 36.4 Å². The predicted molar refractivity (Wildman–Crippen MR) is 101 cm³/mol. The molecule has 1 saturated heterocycles. The van der Waals surface area contributed by atoms with Gasteiger partial charge in [-0.15, -0.1) is 0 Å². The van der Waals surface area contributed by atoms with Crippen molar-refractivity contribution >= 4 is 52.4 Å². The number of anilines is 2. The van der Waals surface area contributed by atoms with Crippen LogP contribution in [0.4, 0.5) is 15.8 Å². The van der Waals surface area contributed by atoms with Crippen molar-refractivity contribution in [3.63, 3.8) is 0 Å². The summed E-state index contributed by atoms with van der Waals surface area (Å²) in [5, 5.41) is 9.79. The van der Waals surface area contributed by atoms with Crippen LogP contribution in [0.5, 0.6) is 0 Å². The summed E-state index contributed by atoms with van der Waals surface area (Å²) in [5.41, 5.74) is -0.508. The van der Waals surface area contributed by atoms with Gasteiger partial charge in [0.1, 0.15) is 17.8 Å². The Hall–Kier alpha value is -2.64. The molecule has 28 heavy (non-hydrogen) atoms. The van der Waals surface area contributed by atoms with Crippen molar-refractivity contribution in [2.75, 3.05) is 22.9 Å². The normalized spacial score (nSPS) is 21.0. The minimum atomic E-state index is -1.33. The summed E-state index contributed by atoms with van der Waals surface area (Å²) in [6, 6.07) is 8.49. The summed E-state index contributed by atoms with van der Waals surface area (Å²) in [7, 11) is 0. The minimum absolute atomic E-state index is 0.0255. The Bertz CT molecular complexity index is 1040. The molecule has 2 amide bonds. The molecule has 0 saturated carbocycles. The molecule has 2 aromatic carbocycles. The summed E-state index contributed by atoms with van der Waals surface area (Å²) in [6.07, 6.45) is -0.221. The van der Waals surface area contributed by atoms with Gasteiger partial charge in [-0.05, 0) is 42.0 Å². The third-order valence-corrected chi connectivity index (χ3v) is 5.56. The molecule has 9 heteroatoms. The van der Waals surface area contributed by atoms with Gasteiger partial charge in [-0.25, -0.2) is 4.39 Å². The highest BCUT2D eigenvalue weighted by molar-refractivity contribution is 6.31. The summed E-state index contributed by atoms with van der Waals surface area (Å²) >= 11 is 12.0. The van der Waals surface area contributed by atoms with E-state index in [1.54, 1.807) is 18.2 Å². The van der Waals surface area contributed by atoms with Gasteiger partial charge in [0.25, 0.3) is 0 Å². The van der Waals surface area contributed by atoms with E-state index in [1.807, 2.05) is 0 Å². The first-order valence-corrected chi connectivity index (χ1v) is 9.08. The maximum atomic E-state index is 14.3. The Kier molecular flexibility index (Phi) is 4.32. The van der Waals surface area contributed by atoms with Crippen molar-refractivity contribution < 1.29 is 23.9 Å². The number of amides is 2. The standard InChI is InChI=1S/C19H13Cl2FN2O4/c20-10-2-4-14-12(5-10)19(18(28)23(14)8-17(26)27)7-16(25)24(9-19)15-6-11(21)1-3-13(15)22/h1-6H,7-9H2,(H,26,27)/t19-/m0/s1. The zero-order valence-electron chi connectivity index (χ0n) is 14.3. The van der Waals surface area contributed by atoms with Gasteiger partial charge in [0.05, 0.1) is 5.69 Å². The minimum Gasteiger partial charge on any atom is -0.480 e. The number of hydrogen-bond acceptors (Lipinski definition) is 3. The summed E-state index contributed by atoms with van der Waals surface area (Å²) in [6.45, 7) is -0.680. The van der Waals surface area contributed by atoms with Crippen molar-refractivity contribution in [1.82, 2.24) is 0 Å². The number of halogens is 3. The van der Waals surface area contributed by atoms with Gasteiger partial charge in [0.15, 0.2) is 0 Å². The van der Waals surface area contributed by atoms with Gasteiger partial charge in [-0.3, -0.25) is 14.4 Å². The highest BCUT2D eigenvalue weighted by Crippen LogP contribution is 2.49. The van der Waals surface area contributed by atoms with E-state index in [9.17, 15) is 23.9 Å². The van der Waals surface area contributed by atoms with Crippen molar-refractivity contribution in [3.05, 3.63) is 57.8 Å². The Morgan fingerprint density at radius 3 is 2.50 bits per heavy atom. The molecule has 144 valence electrons. The number of rotatable bonds is 3. The monoisotopic (exact) mass is 422 g/mol. The van der Waals surface area contributed by atoms with E-state index in [4.69, 9.17) is 23.2 Å². The Morgan fingerprint density at radius 1 is 1.11 bits per heavy atom. The molecule has 0 aliphatic carbocycles. The van der Waals surface area contributed by atoms with E-state index < -0.39 is 35.6 Å². The molecule has 1 spiro atoms. The highest BCUT2D eigenvalue weighted by atomic mass is 35.5. The van der Waals surface area contributed by atoms with Crippen LogP contribution in [0.1, 0.15) is 12.0 Å². The zero-order valence-corrected chi connectivity index (χ0v) is 15.8. The van der Waals surface area contributed by atoms with E-state index in [2.05, 4.69) is 0 Å². The smallest absolute Gasteiger partial charge is 0.323 e. The second-order valence-electron chi connectivity index (χ2n) is 6.78. The Balaban J connectivity index is 1.83. The van der Waals surface area contributed by atoms with E-state index in [-0.39, 0.29) is 23.7 Å². The summed E-state index contributed by atoms with van der Waals surface area (Å²) in [5.74, 6) is -2.81. The van der Waals surface area contributed by atoms with Crippen LogP contribution in [-0.2, 0) is 19.8 Å². The van der Waals surface area contributed by atoms with Gasteiger partial charge in [-0.1, -0.05) is 23.2 Å². The number of aliphatic carboxylic acids is 1. The van der Waals surface area contributed by atoms with E-state index in [0.29, 0.717) is 16.3 Å². The second-order valence-corrected chi connectivity index (χ2v) is 7.65. The maximum Gasteiger partial charge on any atom is 0.323 e. The number of nitrogens with zero attached hydrogens (tertiary/aromatic N) is 2. The number of carboxylic acids is 1. The lowest BCUT2D eigenvalue weighted by Crippen LogP contribution is -2.44. The fourth-order valence-corrected chi connectivity index (χ4v) is 4.24. The molecular weight excluding hydrogens is 410 g/mol. The third-order valence-electron chi connectivity index (χ3n) is 5.09. The van der Waals surface area contributed by atoms with Crippen LogP contribution in [-0.4, -0.2) is 36.0 Å². The topological polar surface area (TPSA) is 77.9 Å². The molecule has 2 aliphatic heterocycles. The molecule has 2 aromatic rings. The first kappa shape index (κ1) is 18.7. The van der Waals surface area contributed by atoms with Gasteiger partial charge < -0.3 is 14.9 Å². The van der Waals surface area contributed by atoms with Crippen LogP contribution in [0, 0.1) is 5.82 Å². The van der Waals surface area contributed by atoms with Crippen molar-refractivity contribution in [1.29, 1.82) is 0 Å². The van der Waals surface area contributed by atoms with E-state index >= 15 is 0 Å². The van der Waals surface area contributed by atoms with Gasteiger partial charge in [0, 0.05) is 28.7 Å². The molecule has 0 unspecified atom stereocenters. The van der Waals surface area contributed by atoms with Gasteiger partial charge in [-0.2, -0.15) is 0 Å². The molecule has 2 heterocycles. The van der Waals surface area contributed by atoms with Crippen molar-refractivity contribution in [2.45, 2.75) is 11.8 Å². The summed E-state index contributed by atoms with van der Waals surface area (Å²) in [4.78, 5) is 39.5. The van der Waals surface area contributed by atoms with Crippen LogP contribution < -0.4 is 9.80 Å². The number of carboxylic acid groups (broad SMARTS) is 1. The van der Waals surface area contributed by atoms with Crippen LogP contribution in [0.2, 0.25) is 10.0 Å². The van der Waals surface area contributed by atoms with Crippen LogP contribution in [0.25, 0.3) is 0 Å². The molecule has 1 N–H and O–H groups in total. The average Bonchev–Trinajstić information content (AvgIpc) is 3.08. The van der Waals surface area contributed by atoms with Gasteiger partial charge >= 0.3 is 5.97 Å². The van der Waals surface area contributed by atoms with Crippen molar-refractivity contribution in [2.24, 2.45) is 0 Å². The number of carbonyl (C=O) groups excluding carboxylic acids is 2. The predicted octanol–water partition coefficient (Wildman–Crippen LogP) is 3.24. The highest BCUT2D eigenvalue weighted by Gasteiger charge is 2.58. The lowest BCUT2D eigenvalue weighted by atomic mass is 9.81. The first-order valence-electron chi connectivity index (χ1n) is 8.32. The van der Waals surface area contributed by atoms with Gasteiger partial charge in [0.2, 0.25) is 11.8 Å². The molecule has 1 atom stereocenters. The van der Waals surface area contributed by atoms with E-state index in [0.717, 1.165) is 11.0 Å². The molecule has 0 radical (unpaired) electrons. The lowest BCUT2D eigenvalue weighted by molar-refractivity contribution is -0.137. The number of carbonyl (C=O) groups is 3. The zero-order chi connectivity index (χ0) is 20.2. The third kappa shape index (κ3) is 2.73. The van der Waals surface area contributed by atoms with Crippen LogP contribution in [0.3, 0.4) is 0 Å². The Morgan fingerprint density at radius 2 is 1.79 bits per heavy atom. The lowest BCUT2D eigenvalue weighted by Gasteiger charge is -2.24. The number of hydrogen-bond donors (Lipinski definition) is 1. The quantitative estimate of drug-likeness (QED) is 0.823. The van der Waals surface area contributed by atoms with Crippen molar-refractivity contribution in [3.8, 4) is 0 Å². The molecule has 2 aliphatic rings. The number of fused-ring (bicyclic) bond motifs is 2. The fourth-order valence-electron chi connectivity index (χ4n) is 3.91. The molecule has 4 rings (SSSR count). The molecule has 1 fully saturated rings. The second kappa shape index (κ2) is 6.46. The maximum absolute atomic E-state index is 14.3. The molecule has 6 nitrogen and oxygen atoms in total. The summed E-state index contributed by atoms with van der Waals surface area (Å²) < 4.78 is 14.3. The molecule has 0 bridgehead atoms. The number of benzene rings is 2. The first-order chi connectivity index (χ1) is 13.2. The SMILES string of the molecule is O=C(O)CN1C(=O)[C@]2(CC(=O)N(c3cc(Cl)ccc3F)C2)c2cc(Cl)ccc21. The largest absolute Gasteiger partial charge is 0.480 e. The Labute approximate surface area is 169 Å². The molecule has 0 aromatic heterocycles. The molecular formula is C19H13Cl2FN2O4. The van der Waals surface area contributed by atoms with E-state index in [1.165, 1.54) is 17.0 Å².